The van der Waals surface area contributed by atoms with Gasteiger partial charge in [-0.1, -0.05) is 13.8 Å². The topological polar surface area (TPSA) is 75.4 Å². The molecule has 3 N–H and O–H groups in total. The van der Waals surface area contributed by atoms with E-state index in [1.54, 1.807) is 12.1 Å². The summed E-state index contributed by atoms with van der Waals surface area (Å²) in [6.07, 6.45) is 2.23. The highest BCUT2D eigenvalue weighted by atomic mass is 32.2. The molecule has 0 saturated carbocycles. The molecular formula is C14H23N3O2S. The standard InChI is InChI=1S/C14H23N3O2S/c1-14(2)7-4-8-17(10-14)12-6-5-11(15)9-13(12)20(18,19)16-3/h5-6,9,16H,4,7-8,10,15H2,1-3H3. The van der Waals surface area contributed by atoms with Crippen LogP contribution in [0.15, 0.2) is 23.1 Å². The molecule has 0 aliphatic carbocycles. The Balaban J connectivity index is 2.47. The van der Waals surface area contributed by atoms with Crippen LogP contribution >= 0.6 is 0 Å². The normalized spacial score (nSPS) is 19.1. The first-order valence-corrected chi connectivity index (χ1v) is 8.31. The second kappa shape index (κ2) is 5.26. The fourth-order valence-corrected chi connectivity index (χ4v) is 3.73. The van der Waals surface area contributed by atoms with Crippen LogP contribution in [0.25, 0.3) is 0 Å². The minimum Gasteiger partial charge on any atom is -0.399 e. The number of rotatable bonds is 3. The average molecular weight is 297 g/mol. The Morgan fingerprint density at radius 3 is 2.65 bits per heavy atom. The van der Waals surface area contributed by atoms with E-state index in [0.717, 1.165) is 31.6 Å². The van der Waals surface area contributed by atoms with E-state index in [4.69, 9.17) is 5.73 Å². The van der Waals surface area contributed by atoms with E-state index in [2.05, 4.69) is 23.5 Å². The second-order valence-electron chi connectivity index (χ2n) is 6.12. The fourth-order valence-electron chi connectivity index (χ4n) is 2.75. The van der Waals surface area contributed by atoms with Crippen molar-refractivity contribution in [2.45, 2.75) is 31.6 Å². The van der Waals surface area contributed by atoms with Crippen LogP contribution < -0.4 is 15.4 Å². The van der Waals surface area contributed by atoms with Crippen molar-refractivity contribution in [1.82, 2.24) is 4.72 Å². The second-order valence-corrected chi connectivity index (χ2v) is 7.98. The van der Waals surface area contributed by atoms with Gasteiger partial charge in [0, 0.05) is 18.8 Å². The van der Waals surface area contributed by atoms with E-state index in [9.17, 15) is 8.42 Å². The van der Waals surface area contributed by atoms with Crippen LogP contribution in [0.3, 0.4) is 0 Å². The zero-order valence-corrected chi connectivity index (χ0v) is 13.1. The maximum Gasteiger partial charge on any atom is 0.242 e. The minimum absolute atomic E-state index is 0.195. The Labute approximate surface area is 121 Å². The average Bonchev–Trinajstić information content (AvgIpc) is 2.37. The van der Waals surface area contributed by atoms with Gasteiger partial charge in [-0.15, -0.1) is 0 Å². The van der Waals surface area contributed by atoms with Gasteiger partial charge in [-0.25, -0.2) is 13.1 Å². The lowest BCUT2D eigenvalue weighted by atomic mass is 9.84. The van der Waals surface area contributed by atoms with Gasteiger partial charge < -0.3 is 10.6 Å². The molecule has 0 spiro atoms. The van der Waals surface area contributed by atoms with Crippen molar-refractivity contribution in [2.24, 2.45) is 5.41 Å². The van der Waals surface area contributed by atoms with Crippen LogP contribution in [0.2, 0.25) is 0 Å². The number of nitrogens with zero attached hydrogens (tertiary/aromatic N) is 1. The summed E-state index contributed by atoms with van der Waals surface area (Å²) in [6, 6.07) is 5.09. The summed E-state index contributed by atoms with van der Waals surface area (Å²) in [7, 11) is -2.09. The molecule has 0 aromatic heterocycles. The molecule has 1 heterocycles. The highest BCUT2D eigenvalue weighted by Gasteiger charge is 2.29. The lowest BCUT2D eigenvalue weighted by Crippen LogP contribution is -2.41. The lowest BCUT2D eigenvalue weighted by molar-refractivity contribution is 0.292. The van der Waals surface area contributed by atoms with Crippen LogP contribution in [0, 0.1) is 5.41 Å². The van der Waals surface area contributed by atoms with Gasteiger partial charge in [0.15, 0.2) is 0 Å². The van der Waals surface area contributed by atoms with Crippen LogP contribution in [-0.4, -0.2) is 28.6 Å². The van der Waals surface area contributed by atoms with Gasteiger partial charge in [0.25, 0.3) is 0 Å². The molecule has 1 aromatic carbocycles. The van der Waals surface area contributed by atoms with Crippen molar-refractivity contribution in [3.8, 4) is 0 Å². The molecule has 2 rings (SSSR count). The van der Waals surface area contributed by atoms with Gasteiger partial charge in [-0.3, -0.25) is 0 Å². The molecule has 0 atom stereocenters. The van der Waals surface area contributed by atoms with Gasteiger partial charge in [0.2, 0.25) is 10.0 Å². The fraction of sp³-hybridized carbons (Fsp3) is 0.571. The van der Waals surface area contributed by atoms with Crippen LogP contribution in [0.5, 0.6) is 0 Å². The van der Waals surface area contributed by atoms with Crippen molar-refractivity contribution >= 4 is 21.4 Å². The lowest BCUT2D eigenvalue weighted by Gasteiger charge is -2.40. The summed E-state index contributed by atoms with van der Waals surface area (Å²) in [4.78, 5) is 2.41. The van der Waals surface area contributed by atoms with E-state index < -0.39 is 10.0 Å². The molecule has 5 nitrogen and oxygen atoms in total. The molecule has 1 aliphatic heterocycles. The van der Waals surface area contributed by atoms with E-state index in [-0.39, 0.29) is 10.3 Å². The Morgan fingerprint density at radius 2 is 2.05 bits per heavy atom. The van der Waals surface area contributed by atoms with Gasteiger partial charge in [-0.05, 0) is 43.5 Å². The predicted molar refractivity (Wildman–Crippen MR) is 82.3 cm³/mol. The summed E-state index contributed by atoms with van der Waals surface area (Å²) in [5.41, 5.74) is 7.14. The maximum absolute atomic E-state index is 12.2. The van der Waals surface area contributed by atoms with Gasteiger partial charge in [-0.2, -0.15) is 0 Å². The number of anilines is 2. The van der Waals surface area contributed by atoms with Gasteiger partial charge in [0.05, 0.1) is 5.69 Å². The van der Waals surface area contributed by atoms with Gasteiger partial charge in [0.1, 0.15) is 4.90 Å². The quantitative estimate of drug-likeness (QED) is 0.834. The smallest absolute Gasteiger partial charge is 0.242 e. The molecular weight excluding hydrogens is 274 g/mol. The summed E-state index contributed by atoms with van der Waals surface area (Å²) >= 11 is 0. The maximum atomic E-state index is 12.2. The number of hydrogen-bond donors (Lipinski definition) is 2. The molecule has 0 bridgehead atoms. The summed E-state index contributed by atoms with van der Waals surface area (Å²) in [5.74, 6) is 0. The highest BCUT2D eigenvalue weighted by molar-refractivity contribution is 7.89. The predicted octanol–water partition coefficient (Wildman–Crippen LogP) is 1.80. The number of nitrogens with two attached hydrogens (primary N) is 1. The van der Waals surface area contributed by atoms with Crippen LogP contribution in [0.1, 0.15) is 26.7 Å². The van der Waals surface area contributed by atoms with Crippen molar-refractivity contribution in [3.63, 3.8) is 0 Å². The Kier molecular flexibility index (Phi) is 3.97. The number of nitrogens with one attached hydrogen (secondary N) is 1. The van der Waals surface area contributed by atoms with Crippen molar-refractivity contribution in [3.05, 3.63) is 18.2 Å². The molecule has 1 fully saturated rings. The molecule has 0 amide bonds. The minimum atomic E-state index is -3.51. The molecule has 1 saturated heterocycles. The molecule has 1 aromatic rings. The number of piperidine rings is 1. The van der Waals surface area contributed by atoms with Crippen LogP contribution in [0.4, 0.5) is 11.4 Å². The molecule has 20 heavy (non-hydrogen) atoms. The first-order chi connectivity index (χ1) is 9.25. The number of nitrogen functional groups attached to an aromatic ring is 1. The number of benzene rings is 1. The number of sulfonamides is 1. The van der Waals surface area contributed by atoms with E-state index in [1.807, 2.05) is 0 Å². The third-order valence-corrected chi connectivity index (χ3v) is 5.23. The molecule has 0 unspecified atom stereocenters. The van der Waals surface area contributed by atoms with Crippen LogP contribution in [-0.2, 0) is 10.0 Å². The monoisotopic (exact) mass is 297 g/mol. The first-order valence-electron chi connectivity index (χ1n) is 6.83. The Hall–Kier alpha value is -1.27. The molecule has 6 heteroatoms. The number of hydrogen-bond acceptors (Lipinski definition) is 4. The third-order valence-electron chi connectivity index (χ3n) is 3.78. The van der Waals surface area contributed by atoms with E-state index in [0.29, 0.717) is 5.69 Å². The van der Waals surface area contributed by atoms with E-state index >= 15 is 0 Å². The third kappa shape index (κ3) is 3.07. The zero-order chi connectivity index (χ0) is 15.0. The summed E-state index contributed by atoms with van der Waals surface area (Å²) in [5, 5.41) is 0. The SMILES string of the molecule is CNS(=O)(=O)c1cc(N)ccc1N1CCCC(C)(C)C1. The Morgan fingerprint density at radius 1 is 1.35 bits per heavy atom. The highest BCUT2D eigenvalue weighted by Crippen LogP contribution is 2.35. The molecule has 1 aliphatic rings. The molecule has 112 valence electrons. The molecule has 0 radical (unpaired) electrons. The van der Waals surface area contributed by atoms with Crippen molar-refractivity contribution < 1.29 is 8.42 Å². The first kappa shape index (κ1) is 15.1. The Bertz CT molecular complexity index is 596. The zero-order valence-electron chi connectivity index (χ0n) is 12.3. The summed E-state index contributed by atoms with van der Waals surface area (Å²) in [6.45, 7) is 6.15. The largest absolute Gasteiger partial charge is 0.399 e. The van der Waals surface area contributed by atoms with Gasteiger partial charge >= 0.3 is 0 Å². The van der Waals surface area contributed by atoms with E-state index in [1.165, 1.54) is 13.1 Å². The van der Waals surface area contributed by atoms with Crippen molar-refractivity contribution in [1.29, 1.82) is 0 Å². The summed E-state index contributed by atoms with van der Waals surface area (Å²) < 4.78 is 26.7. The van der Waals surface area contributed by atoms with Crippen molar-refractivity contribution in [2.75, 3.05) is 30.8 Å².